The molecule has 0 fully saturated rings. The first-order valence-electron chi connectivity index (χ1n) is 8.21. The van der Waals surface area contributed by atoms with Gasteiger partial charge in [0.25, 0.3) is 0 Å². The van der Waals surface area contributed by atoms with Gasteiger partial charge in [0.05, 0.1) is 11.5 Å². The lowest BCUT2D eigenvalue weighted by Crippen LogP contribution is -2.24. The molecule has 8 heteroatoms. The molecule has 1 atom stereocenters. The van der Waals surface area contributed by atoms with Crippen LogP contribution in [0.4, 0.5) is 23.7 Å². The second-order valence-electron chi connectivity index (χ2n) is 6.00. The smallest absolute Gasteiger partial charge is 0.416 e. The molecule has 27 heavy (non-hydrogen) atoms. The minimum Gasteiger partial charge on any atom is -0.449 e. The number of amides is 1. The van der Waals surface area contributed by atoms with Crippen LogP contribution >= 0.6 is 11.8 Å². The number of halogens is 3. The molecule has 4 nitrogen and oxygen atoms in total. The lowest BCUT2D eigenvalue weighted by Gasteiger charge is -2.14. The van der Waals surface area contributed by atoms with Gasteiger partial charge >= 0.3 is 12.3 Å². The van der Waals surface area contributed by atoms with Crippen molar-refractivity contribution in [2.45, 2.75) is 17.5 Å². The monoisotopic (exact) mass is 395 g/mol. The van der Waals surface area contributed by atoms with E-state index in [0.717, 1.165) is 17.0 Å². The number of hydrogen-bond acceptors (Lipinski definition) is 4. The van der Waals surface area contributed by atoms with Gasteiger partial charge in [0.2, 0.25) is 0 Å². The minimum absolute atomic E-state index is 0.0251. The van der Waals surface area contributed by atoms with Crippen molar-refractivity contribution in [2.75, 3.05) is 17.7 Å². The molecule has 1 aliphatic heterocycles. The van der Waals surface area contributed by atoms with E-state index in [1.807, 2.05) is 12.1 Å². The van der Waals surface area contributed by atoms with Gasteiger partial charge in [0, 0.05) is 16.1 Å². The average molecular weight is 395 g/mol. The Morgan fingerprint density at radius 2 is 1.96 bits per heavy atom. The number of ether oxygens (including phenoxy) is 1. The van der Waals surface area contributed by atoms with Crippen LogP contribution in [0.5, 0.6) is 0 Å². The van der Waals surface area contributed by atoms with Crippen LogP contribution in [0.2, 0.25) is 0 Å². The maximum Gasteiger partial charge on any atom is 0.416 e. The minimum atomic E-state index is -4.50. The molecule has 142 valence electrons. The van der Waals surface area contributed by atoms with Crippen LogP contribution in [0.3, 0.4) is 0 Å². The van der Waals surface area contributed by atoms with Crippen molar-refractivity contribution in [2.24, 2.45) is 5.92 Å². The van der Waals surface area contributed by atoms with E-state index in [0.29, 0.717) is 17.7 Å². The number of thioether (sulfide) groups is 1. The number of ketones is 1. The third kappa shape index (κ3) is 4.82. The predicted molar refractivity (Wildman–Crippen MR) is 96.0 cm³/mol. The van der Waals surface area contributed by atoms with Gasteiger partial charge in [-0.3, -0.25) is 10.1 Å². The number of fused-ring (bicyclic) bond motifs is 1. The lowest BCUT2D eigenvalue weighted by atomic mass is 9.96. The van der Waals surface area contributed by atoms with E-state index in [9.17, 15) is 22.8 Å². The zero-order chi connectivity index (χ0) is 19.4. The third-order valence-electron chi connectivity index (χ3n) is 4.10. The summed E-state index contributed by atoms with van der Waals surface area (Å²) in [6, 6.07) is 11.5. The number of nitrogens with one attached hydrogen (secondary N) is 1. The molecule has 0 aromatic heterocycles. The Balaban J connectivity index is 1.60. The van der Waals surface area contributed by atoms with Crippen molar-refractivity contribution in [3.63, 3.8) is 0 Å². The predicted octanol–water partition coefficient (Wildman–Crippen LogP) is 5.25. The highest BCUT2D eigenvalue weighted by Crippen LogP contribution is 2.32. The van der Waals surface area contributed by atoms with E-state index in [2.05, 4.69) is 5.32 Å². The zero-order valence-corrected chi connectivity index (χ0v) is 14.9. The summed E-state index contributed by atoms with van der Waals surface area (Å²) >= 11 is 1.57. The molecule has 2 aromatic carbocycles. The molecular formula is C19H16F3NO3S. The van der Waals surface area contributed by atoms with E-state index in [1.165, 1.54) is 12.1 Å². The van der Waals surface area contributed by atoms with E-state index in [1.54, 1.807) is 23.9 Å². The highest BCUT2D eigenvalue weighted by atomic mass is 32.2. The van der Waals surface area contributed by atoms with Crippen molar-refractivity contribution in [3.05, 3.63) is 59.7 Å². The standard InChI is InChI=1S/C19H16F3NO3S/c20-19(21,22)13-4-3-5-14(10-13)23-18(25)26-11-12-8-9-27-16-7-2-1-6-15(16)17(12)24/h1-7,10,12H,8-9,11H2,(H,23,25). The zero-order valence-electron chi connectivity index (χ0n) is 14.1. The van der Waals surface area contributed by atoms with Crippen molar-refractivity contribution in [1.29, 1.82) is 0 Å². The van der Waals surface area contributed by atoms with Crippen LogP contribution in [0.1, 0.15) is 22.3 Å². The Morgan fingerprint density at radius 3 is 2.74 bits per heavy atom. The molecule has 0 aliphatic carbocycles. The second kappa shape index (κ2) is 8.04. The van der Waals surface area contributed by atoms with Crippen LogP contribution in [-0.4, -0.2) is 24.2 Å². The largest absolute Gasteiger partial charge is 0.449 e. The summed E-state index contributed by atoms with van der Waals surface area (Å²) in [5, 5.41) is 2.27. The fraction of sp³-hybridized carbons (Fsp3) is 0.263. The molecule has 1 unspecified atom stereocenters. The van der Waals surface area contributed by atoms with Gasteiger partial charge in [0.1, 0.15) is 6.61 Å². The van der Waals surface area contributed by atoms with Crippen LogP contribution in [0, 0.1) is 5.92 Å². The maximum atomic E-state index is 12.7. The fourth-order valence-corrected chi connectivity index (χ4v) is 3.84. The fourth-order valence-electron chi connectivity index (χ4n) is 2.72. The second-order valence-corrected chi connectivity index (χ2v) is 7.13. The summed E-state index contributed by atoms with van der Waals surface area (Å²) < 4.78 is 43.2. The van der Waals surface area contributed by atoms with Crippen molar-refractivity contribution in [1.82, 2.24) is 0 Å². The molecule has 1 heterocycles. The summed E-state index contributed by atoms with van der Waals surface area (Å²) in [7, 11) is 0. The molecule has 0 radical (unpaired) electrons. The molecule has 2 aromatic rings. The molecule has 1 aliphatic rings. The molecule has 0 bridgehead atoms. The third-order valence-corrected chi connectivity index (χ3v) is 5.21. The number of anilines is 1. The van der Waals surface area contributed by atoms with Gasteiger partial charge in [-0.25, -0.2) is 4.79 Å². The molecule has 0 saturated carbocycles. The lowest BCUT2D eigenvalue weighted by molar-refractivity contribution is -0.137. The van der Waals surface area contributed by atoms with Crippen LogP contribution in [-0.2, 0) is 10.9 Å². The number of rotatable bonds is 3. The van der Waals surface area contributed by atoms with Gasteiger partial charge in [-0.15, -0.1) is 11.8 Å². The van der Waals surface area contributed by atoms with Crippen molar-refractivity contribution in [3.8, 4) is 0 Å². The number of carbonyl (C=O) groups is 2. The van der Waals surface area contributed by atoms with Gasteiger partial charge in [-0.05, 0) is 36.4 Å². The number of Topliss-reactive ketones (excluding diaryl/α,β-unsaturated/α-hetero) is 1. The van der Waals surface area contributed by atoms with Gasteiger partial charge in [-0.2, -0.15) is 13.2 Å². The summed E-state index contributed by atoms with van der Waals surface area (Å²) in [5.41, 5.74) is -0.289. The van der Waals surface area contributed by atoms with E-state index in [4.69, 9.17) is 4.74 Å². The Morgan fingerprint density at radius 1 is 1.19 bits per heavy atom. The molecule has 0 saturated heterocycles. The highest BCUT2D eigenvalue weighted by Gasteiger charge is 2.31. The van der Waals surface area contributed by atoms with Crippen LogP contribution in [0.25, 0.3) is 0 Å². The van der Waals surface area contributed by atoms with Crippen LogP contribution in [0.15, 0.2) is 53.4 Å². The normalized spacial score (nSPS) is 17.0. The number of hydrogen-bond donors (Lipinski definition) is 1. The number of carbonyl (C=O) groups excluding carboxylic acids is 2. The molecule has 1 N–H and O–H groups in total. The molecule has 3 rings (SSSR count). The Bertz CT molecular complexity index is 854. The SMILES string of the molecule is O=C(Nc1cccc(C(F)(F)F)c1)OCC1CCSc2ccccc2C1=O. The quantitative estimate of drug-likeness (QED) is 0.771. The van der Waals surface area contributed by atoms with Gasteiger partial charge < -0.3 is 4.74 Å². The number of alkyl halides is 3. The Kier molecular flexibility index (Phi) is 5.74. The molecule has 1 amide bonds. The first-order valence-corrected chi connectivity index (χ1v) is 9.20. The summed E-state index contributed by atoms with van der Waals surface area (Å²) in [6.07, 6.45) is -4.85. The highest BCUT2D eigenvalue weighted by molar-refractivity contribution is 7.99. The van der Waals surface area contributed by atoms with Crippen molar-refractivity contribution < 1.29 is 27.5 Å². The van der Waals surface area contributed by atoms with Crippen molar-refractivity contribution >= 4 is 29.3 Å². The molecular weight excluding hydrogens is 379 g/mol. The summed E-state index contributed by atoms with van der Waals surface area (Å²) in [5.74, 6) is 0.141. The first kappa shape index (κ1) is 19.3. The molecule has 0 spiro atoms. The summed E-state index contributed by atoms with van der Waals surface area (Å²) in [4.78, 5) is 25.4. The van der Waals surface area contributed by atoms with Gasteiger partial charge in [-0.1, -0.05) is 24.3 Å². The number of benzene rings is 2. The van der Waals surface area contributed by atoms with E-state index in [-0.39, 0.29) is 18.1 Å². The maximum absolute atomic E-state index is 12.7. The Hall–Kier alpha value is -2.48. The van der Waals surface area contributed by atoms with E-state index < -0.39 is 23.8 Å². The first-order chi connectivity index (χ1) is 12.8. The van der Waals surface area contributed by atoms with Gasteiger partial charge in [0.15, 0.2) is 5.78 Å². The average Bonchev–Trinajstić information content (AvgIpc) is 2.79. The Labute approximate surface area is 158 Å². The van der Waals surface area contributed by atoms with E-state index >= 15 is 0 Å². The van der Waals surface area contributed by atoms with Crippen LogP contribution < -0.4 is 5.32 Å². The summed E-state index contributed by atoms with van der Waals surface area (Å²) in [6.45, 7) is -0.126. The topological polar surface area (TPSA) is 55.4 Å².